The van der Waals surface area contributed by atoms with Gasteiger partial charge in [-0.05, 0) is 18.2 Å². The summed E-state index contributed by atoms with van der Waals surface area (Å²) < 4.78 is 0.743. The number of fused-ring (bicyclic) bond motifs is 1. The zero-order valence-electron chi connectivity index (χ0n) is 7.91. The first-order chi connectivity index (χ1) is 7.50. The van der Waals surface area contributed by atoms with Gasteiger partial charge in [0.1, 0.15) is 0 Å². The molecule has 0 radical (unpaired) electrons. The molecule has 1 aromatic heterocycles. The highest BCUT2D eigenvalue weighted by atomic mass is 16.5. The fourth-order valence-electron chi connectivity index (χ4n) is 1.52. The van der Waals surface area contributed by atoms with Crippen molar-refractivity contribution in [3.05, 3.63) is 35.5 Å². The van der Waals surface area contributed by atoms with Gasteiger partial charge in [-0.25, -0.2) is 9.59 Å². The van der Waals surface area contributed by atoms with Crippen molar-refractivity contribution in [2.75, 3.05) is 0 Å². The van der Waals surface area contributed by atoms with Crippen LogP contribution in [-0.4, -0.2) is 32.1 Å². The summed E-state index contributed by atoms with van der Waals surface area (Å²) in [5.41, 5.74) is -0.400. The molecule has 0 fully saturated rings. The second-order valence-corrected chi connectivity index (χ2v) is 3.23. The predicted octanol–water partition coefficient (Wildman–Crippen LogP) is 1.27. The SMILES string of the molecule is O=C(O)c1cc2ccn(O)c2cc1C(=O)O. The zero-order valence-corrected chi connectivity index (χ0v) is 7.91. The van der Waals surface area contributed by atoms with Crippen molar-refractivity contribution < 1.29 is 25.0 Å². The van der Waals surface area contributed by atoms with Gasteiger partial charge in [-0.3, -0.25) is 0 Å². The van der Waals surface area contributed by atoms with Crippen LogP contribution < -0.4 is 0 Å². The van der Waals surface area contributed by atoms with Crippen LogP contribution in [0, 0.1) is 0 Å². The molecule has 3 N–H and O–H groups in total. The van der Waals surface area contributed by atoms with Crippen LogP contribution in [0.2, 0.25) is 0 Å². The van der Waals surface area contributed by atoms with Crippen LogP contribution in [0.3, 0.4) is 0 Å². The van der Waals surface area contributed by atoms with Crippen LogP contribution in [0.4, 0.5) is 0 Å². The molecule has 16 heavy (non-hydrogen) atoms. The summed E-state index contributed by atoms with van der Waals surface area (Å²) >= 11 is 0. The molecule has 0 unspecified atom stereocenters. The Morgan fingerprint density at radius 2 is 1.62 bits per heavy atom. The molecule has 0 aliphatic rings. The molecular weight excluding hydrogens is 214 g/mol. The van der Waals surface area contributed by atoms with E-state index in [1.807, 2.05) is 0 Å². The minimum atomic E-state index is -1.35. The normalized spacial score (nSPS) is 10.5. The molecule has 6 heteroatoms. The third kappa shape index (κ3) is 1.36. The second kappa shape index (κ2) is 3.27. The molecule has 0 atom stereocenters. The van der Waals surface area contributed by atoms with Gasteiger partial charge in [-0.15, -0.1) is 0 Å². The van der Waals surface area contributed by atoms with E-state index in [-0.39, 0.29) is 16.6 Å². The molecule has 2 aromatic rings. The predicted molar refractivity (Wildman–Crippen MR) is 53.0 cm³/mol. The highest BCUT2D eigenvalue weighted by Gasteiger charge is 2.18. The number of carboxylic acid groups (broad SMARTS) is 2. The molecule has 0 amide bonds. The lowest BCUT2D eigenvalue weighted by molar-refractivity contribution is 0.0651. The van der Waals surface area contributed by atoms with Gasteiger partial charge in [-0.1, -0.05) is 0 Å². The van der Waals surface area contributed by atoms with Crippen LogP contribution in [0.5, 0.6) is 0 Å². The van der Waals surface area contributed by atoms with Crippen molar-refractivity contribution in [2.45, 2.75) is 0 Å². The number of aromatic carboxylic acids is 2. The van der Waals surface area contributed by atoms with E-state index in [1.165, 1.54) is 18.3 Å². The molecule has 6 nitrogen and oxygen atoms in total. The largest absolute Gasteiger partial charge is 0.478 e. The lowest BCUT2D eigenvalue weighted by Gasteiger charge is -2.02. The molecule has 0 spiro atoms. The molecule has 0 aliphatic heterocycles. The lowest BCUT2D eigenvalue weighted by atomic mass is 10.1. The van der Waals surface area contributed by atoms with Crippen LogP contribution in [0.15, 0.2) is 24.4 Å². The molecule has 0 saturated carbocycles. The number of rotatable bonds is 2. The van der Waals surface area contributed by atoms with E-state index in [4.69, 9.17) is 10.2 Å². The van der Waals surface area contributed by atoms with Gasteiger partial charge in [0.2, 0.25) is 0 Å². The van der Waals surface area contributed by atoms with Crippen molar-refractivity contribution in [1.82, 2.24) is 4.73 Å². The van der Waals surface area contributed by atoms with Crippen molar-refractivity contribution in [2.24, 2.45) is 0 Å². The van der Waals surface area contributed by atoms with E-state index in [1.54, 1.807) is 0 Å². The standard InChI is InChI=1S/C10H7NO5/c12-9(13)6-3-5-1-2-11(16)8(5)4-7(6)10(14)15/h1-4,16H,(H,12,13)(H,14,15). The summed E-state index contributed by atoms with van der Waals surface area (Å²) in [6.45, 7) is 0. The van der Waals surface area contributed by atoms with E-state index in [0.717, 1.165) is 10.8 Å². The second-order valence-electron chi connectivity index (χ2n) is 3.23. The smallest absolute Gasteiger partial charge is 0.336 e. The Morgan fingerprint density at radius 1 is 1.06 bits per heavy atom. The minimum absolute atomic E-state index is 0.252. The Bertz CT molecular complexity index is 599. The first-order valence-corrected chi connectivity index (χ1v) is 4.31. The van der Waals surface area contributed by atoms with Gasteiger partial charge in [-0.2, -0.15) is 4.73 Å². The van der Waals surface area contributed by atoms with E-state index in [2.05, 4.69) is 0 Å². The number of hydrogen-bond donors (Lipinski definition) is 3. The van der Waals surface area contributed by atoms with E-state index in [0.29, 0.717) is 5.39 Å². The first kappa shape index (κ1) is 10.0. The van der Waals surface area contributed by atoms with Crippen molar-refractivity contribution in [3.8, 4) is 0 Å². The quantitative estimate of drug-likeness (QED) is 0.663. The average Bonchev–Trinajstić information content (AvgIpc) is 2.58. The monoisotopic (exact) mass is 221 g/mol. The molecule has 1 heterocycles. The molecule has 0 bridgehead atoms. The molecular formula is C10H7NO5. The van der Waals surface area contributed by atoms with Crippen LogP contribution in [0.25, 0.3) is 10.9 Å². The Morgan fingerprint density at radius 3 is 2.19 bits per heavy atom. The van der Waals surface area contributed by atoms with Gasteiger partial charge in [0.05, 0.1) is 16.6 Å². The maximum absolute atomic E-state index is 10.8. The Balaban J connectivity index is 2.83. The summed E-state index contributed by atoms with van der Waals surface area (Å²) in [4.78, 5) is 21.7. The summed E-state index contributed by atoms with van der Waals surface area (Å²) in [6.07, 6.45) is 1.31. The van der Waals surface area contributed by atoms with Gasteiger partial charge < -0.3 is 15.4 Å². The first-order valence-electron chi connectivity index (χ1n) is 4.31. The molecule has 82 valence electrons. The zero-order chi connectivity index (χ0) is 11.9. The Labute approximate surface area is 88.9 Å². The van der Waals surface area contributed by atoms with E-state index >= 15 is 0 Å². The topological polar surface area (TPSA) is 99.8 Å². The fourth-order valence-corrected chi connectivity index (χ4v) is 1.52. The van der Waals surface area contributed by atoms with Gasteiger partial charge in [0, 0.05) is 11.6 Å². The number of hydrogen-bond acceptors (Lipinski definition) is 3. The van der Waals surface area contributed by atoms with E-state index < -0.39 is 11.9 Å². The maximum atomic E-state index is 10.8. The average molecular weight is 221 g/mol. The van der Waals surface area contributed by atoms with Gasteiger partial charge >= 0.3 is 11.9 Å². The van der Waals surface area contributed by atoms with Gasteiger partial charge in [0.15, 0.2) is 0 Å². The molecule has 0 saturated heterocycles. The molecule has 0 aliphatic carbocycles. The Kier molecular flexibility index (Phi) is 2.05. The van der Waals surface area contributed by atoms with Crippen LogP contribution in [-0.2, 0) is 0 Å². The van der Waals surface area contributed by atoms with Crippen LogP contribution in [0.1, 0.15) is 20.7 Å². The summed E-state index contributed by atoms with van der Waals surface area (Å²) in [5, 5.41) is 27.5. The minimum Gasteiger partial charge on any atom is -0.478 e. The highest BCUT2D eigenvalue weighted by Crippen LogP contribution is 2.21. The summed E-state index contributed by atoms with van der Waals surface area (Å²) in [7, 11) is 0. The van der Waals surface area contributed by atoms with E-state index in [9.17, 15) is 14.8 Å². The van der Waals surface area contributed by atoms with Crippen LogP contribution >= 0.6 is 0 Å². The Hall–Kier alpha value is -2.50. The van der Waals surface area contributed by atoms with Crippen molar-refractivity contribution in [1.29, 1.82) is 0 Å². The van der Waals surface area contributed by atoms with Crippen molar-refractivity contribution >= 4 is 22.8 Å². The summed E-state index contributed by atoms with van der Waals surface area (Å²) in [5.74, 6) is -2.66. The number of aromatic nitrogens is 1. The number of carbonyl (C=O) groups is 2. The number of benzene rings is 1. The highest BCUT2D eigenvalue weighted by molar-refractivity contribution is 6.05. The summed E-state index contributed by atoms with van der Waals surface area (Å²) in [6, 6.07) is 3.84. The third-order valence-electron chi connectivity index (χ3n) is 2.27. The number of nitrogens with zero attached hydrogens (tertiary/aromatic N) is 1. The maximum Gasteiger partial charge on any atom is 0.336 e. The van der Waals surface area contributed by atoms with Crippen molar-refractivity contribution in [3.63, 3.8) is 0 Å². The molecule has 1 aromatic carbocycles. The lowest BCUT2D eigenvalue weighted by Crippen LogP contribution is -2.08. The number of carboxylic acids is 2. The van der Waals surface area contributed by atoms with Gasteiger partial charge in [0.25, 0.3) is 0 Å². The molecule has 2 rings (SSSR count). The third-order valence-corrected chi connectivity index (χ3v) is 2.27. The fraction of sp³-hybridized carbons (Fsp3) is 0.